The number of hydrogen-bond donors (Lipinski definition) is 1. The van der Waals surface area contributed by atoms with E-state index in [0.717, 1.165) is 0 Å². The maximum atomic E-state index is 12.2. The Kier molecular flexibility index (Phi) is 5.53. The Bertz CT molecular complexity index is 1050. The molecule has 3 rings (SSSR count). The number of benzene rings is 2. The average Bonchev–Trinajstić information content (AvgIpc) is 2.70. The van der Waals surface area contributed by atoms with E-state index in [1.807, 2.05) is 0 Å². The van der Waals surface area contributed by atoms with Gasteiger partial charge < -0.3 is 9.92 Å². The van der Waals surface area contributed by atoms with E-state index in [9.17, 15) is 8.42 Å². The Morgan fingerprint density at radius 1 is 1.04 bits per heavy atom. The molecule has 0 aliphatic carbocycles. The zero-order valence-electron chi connectivity index (χ0n) is 14.0. The fourth-order valence-electron chi connectivity index (χ4n) is 2.01. The minimum Gasteiger partial charge on any atom is -0.380 e. The van der Waals surface area contributed by atoms with Crippen molar-refractivity contribution in [3.05, 3.63) is 84.4 Å². The lowest BCUT2D eigenvalue weighted by atomic mass is 10.2. The minimum absolute atomic E-state index is 0.0875. The van der Waals surface area contributed by atoms with Gasteiger partial charge in [0.1, 0.15) is 16.3 Å². The molecule has 0 aliphatic rings. The maximum Gasteiger partial charge on any atom is 0.339 e. The maximum absolute atomic E-state index is 12.2. The van der Waals surface area contributed by atoms with Gasteiger partial charge in [-0.2, -0.15) is 13.5 Å². The SMILES string of the molecule is N/C(=N\N=C\c1ccc(OS(=O)(=O)c2ccccc2)cc1)c1cnccn1. The second-order valence-corrected chi connectivity index (χ2v) is 6.79. The number of nitrogens with two attached hydrogens (primary N) is 1. The highest BCUT2D eigenvalue weighted by molar-refractivity contribution is 7.87. The fraction of sp³-hybridized carbons (Fsp3) is 0. The van der Waals surface area contributed by atoms with Crippen molar-refractivity contribution < 1.29 is 12.6 Å². The van der Waals surface area contributed by atoms with Crippen LogP contribution >= 0.6 is 0 Å². The van der Waals surface area contributed by atoms with Crippen molar-refractivity contribution >= 4 is 22.2 Å². The number of amidine groups is 1. The molecule has 0 saturated heterocycles. The van der Waals surface area contributed by atoms with Gasteiger partial charge >= 0.3 is 10.1 Å². The lowest BCUT2D eigenvalue weighted by Gasteiger charge is -2.06. The van der Waals surface area contributed by atoms with Gasteiger partial charge in [0.05, 0.1) is 12.4 Å². The van der Waals surface area contributed by atoms with Crippen molar-refractivity contribution in [2.45, 2.75) is 4.90 Å². The summed E-state index contributed by atoms with van der Waals surface area (Å²) in [6.45, 7) is 0. The van der Waals surface area contributed by atoms with Crippen LogP contribution in [0.25, 0.3) is 0 Å². The molecule has 27 heavy (non-hydrogen) atoms. The Morgan fingerprint density at radius 3 is 2.44 bits per heavy atom. The van der Waals surface area contributed by atoms with E-state index in [-0.39, 0.29) is 16.5 Å². The third kappa shape index (κ3) is 4.95. The van der Waals surface area contributed by atoms with Crippen LogP contribution in [-0.4, -0.2) is 30.4 Å². The van der Waals surface area contributed by atoms with Crippen LogP contribution in [0.1, 0.15) is 11.3 Å². The van der Waals surface area contributed by atoms with Crippen LogP contribution in [-0.2, 0) is 10.1 Å². The Labute approximate surface area is 156 Å². The predicted octanol–water partition coefficient (Wildman–Crippen LogP) is 1.98. The molecule has 0 radical (unpaired) electrons. The quantitative estimate of drug-likeness (QED) is 0.302. The first-order valence-corrected chi connectivity index (χ1v) is 9.18. The van der Waals surface area contributed by atoms with Gasteiger partial charge in [-0.3, -0.25) is 4.98 Å². The summed E-state index contributed by atoms with van der Waals surface area (Å²) in [6.07, 6.45) is 5.98. The first kappa shape index (κ1) is 18.2. The number of rotatable bonds is 6. The summed E-state index contributed by atoms with van der Waals surface area (Å²) in [5, 5.41) is 7.73. The third-order valence-electron chi connectivity index (χ3n) is 3.32. The number of nitrogens with zero attached hydrogens (tertiary/aromatic N) is 4. The molecule has 0 bridgehead atoms. The van der Waals surface area contributed by atoms with Crippen LogP contribution in [0.3, 0.4) is 0 Å². The second kappa shape index (κ2) is 8.19. The van der Waals surface area contributed by atoms with Gasteiger partial charge in [0.15, 0.2) is 5.84 Å². The van der Waals surface area contributed by atoms with Gasteiger partial charge in [-0.1, -0.05) is 18.2 Å². The zero-order chi connectivity index (χ0) is 19.1. The van der Waals surface area contributed by atoms with Crippen LogP contribution in [0.5, 0.6) is 5.75 Å². The topological polar surface area (TPSA) is 120 Å². The van der Waals surface area contributed by atoms with E-state index < -0.39 is 10.1 Å². The van der Waals surface area contributed by atoms with Crippen LogP contribution in [0, 0.1) is 0 Å². The Balaban J connectivity index is 1.67. The number of hydrogen-bond acceptors (Lipinski definition) is 7. The first-order valence-electron chi connectivity index (χ1n) is 7.77. The van der Waals surface area contributed by atoms with Gasteiger partial charge in [0, 0.05) is 12.4 Å². The average molecular weight is 381 g/mol. The van der Waals surface area contributed by atoms with E-state index in [0.29, 0.717) is 11.3 Å². The van der Waals surface area contributed by atoms with E-state index in [1.54, 1.807) is 30.3 Å². The largest absolute Gasteiger partial charge is 0.380 e. The summed E-state index contributed by atoms with van der Waals surface area (Å²) in [5.41, 5.74) is 6.87. The molecular formula is C18H15N5O3S. The molecule has 0 unspecified atom stereocenters. The van der Waals surface area contributed by atoms with Crippen molar-refractivity contribution in [2.75, 3.05) is 0 Å². The molecule has 0 spiro atoms. The van der Waals surface area contributed by atoms with Crippen molar-refractivity contribution in [1.82, 2.24) is 9.97 Å². The summed E-state index contributed by atoms with van der Waals surface area (Å²) in [5.74, 6) is 0.326. The van der Waals surface area contributed by atoms with Crippen LogP contribution < -0.4 is 9.92 Å². The third-order valence-corrected chi connectivity index (χ3v) is 4.58. The van der Waals surface area contributed by atoms with E-state index in [4.69, 9.17) is 9.92 Å². The highest BCUT2D eigenvalue weighted by atomic mass is 32.2. The van der Waals surface area contributed by atoms with Gasteiger partial charge in [-0.15, -0.1) is 5.10 Å². The molecule has 0 aliphatic heterocycles. The summed E-state index contributed by atoms with van der Waals surface area (Å²) >= 11 is 0. The highest BCUT2D eigenvalue weighted by Crippen LogP contribution is 2.18. The lowest BCUT2D eigenvalue weighted by Crippen LogP contribution is -2.14. The molecule has 1 aromatic heterocycles. The van der Waals surface area contributed by atoms with Crippen molar-refractivity contribution in [3.8, 4) is 5.75 Å². The Morgan fingerprint density at radius 2 is 1.78 bits per heavy atom. The standard InChI is InChI=1S/C18H15N5O3S/c19-18(17-13-20-10-11-21-17)23-22-12-14-6-8-15(9-7-14)26-27(24,25)16-4-2-1-3-5-16/h1-13H,(H2,19,23)/b22-12+. The van der Waals surface area contributed by atoms with Gasteiger partial charge in [-0.05, 0) is 42.0 Å². The van der Waals surface area contributed by atoms with Crippen molar-refractivity contribution in [3.63, 3.8) is 0 Å². The molecule has 0 amide bonds. The molecule has 0 saturated carbocycles. The van der Waals surface area contributed by atoms with Crippen LogP contribution in [0.15, 0.2) is 88.3 Å². The van der Waals surface area contributed by atoms with Crippen molar-refractivity contribution in [1.29, 1.82) is 0 Å². The summed E-state index contributed by atoms with van der Waals surface area (Å²) < 4.78 is 29.5. The molecule has 0 atom stereocenters. The second-order valence-electron chi connectivity index (χ2n) is 5.24. The van der Waals surface area contributed by atoms with Gasteiger partial charge in [0.25, 0.3) is 0 Å². The first-order chi connectivity index (χ1) is 13.0. The predicted molar refractivity (Wildman–Crippen MR) is 101 cm³/mol. The number of aromatic nitrogens is 2. The van der Waals surface area contributed by atoms with E-state index in [1.165, 1.54) is 49.1 Å². The molecule has 2 N–H and O–H groups in total. The molecule has 8 nitrogen and oxygen atoms in total. The molecule has 136 valence electrons. The molecule has 3 aromatic rings. The van der Waals surface area contributed by atoms with Crippen LogP contribution in [0.2, 0.25) is 0 Å². The van der Waals surface area contributed by atoms with E-state index in [2.05, 4.69) is 20.2 Å². The van der Waals surface area contributed by atoms with E-state index >= 15 is 0 Å². The summed E-state index contributed by atoms with van der Waals surface area (Å²) in [6, 6.07) is 14.3. The fourth-order valence-corrected chi connectivity index (χ4v) is 2.96. The van der Waals surface area contributed by atoms with Gasteiger partial charge in [-0.25, -0.2) is 4.98 Å². The smallest absolute Gasteiger partial charge is 0.339 e. The van der Waals surface area contributed by atoms with Crippen LogP contribution in [0.4, 0.5) is 0 Å². The minimum atomic E-state index is -3.87. The molecule has 1 heterocycles. The zero-order valence-corrected chi connectivity index (χ0v) is 14.8. The summed E-state index contributed by atoms with van der Waals surface area (Å²) in [4.78, 5) is 7.99. The molecule has 9 heteroatoms. The summed E-state index contributed by atoms with van der Waals surface area (Å²) in [7, 11) is -3.87. The monoisotopic (exact) mass is 381 g/mol. The molecular weight excluding hydrogens is 366 g/mol. The lowest BCUT2D eigenvalue weighted by molar-refractivity contribution is 0.486. The van der Waals surface area contributed by atoms with Crippen molar-refractivity contribution in [2.24, 2.45) is 15.9 Å². The van der Waals surface area contributed by atoms with Gasteiger partial charge in [0.2, 0.25) is 0 Å². The highest BCUT2D eigenvalue weighted by Gasteiger charge is 2.15. The normalized spacial score (nSPS) is 12.2. The molecule has 2 aromatic carbocycles. The molecule has 0 fully saturated rings. The Hall–Kier alpha value is -3.59.